The van der Waals surface area contributed by atoms with Gasteiger partial charge in [-0.25, -0.2) is 20.4 Å². The number of carbonyl (C=O) groups is 2. The first-order valence-corrected chi connectivity index (χ1v) is 6.83. The Bertz CT molecular complexity index is 613. The second kappa shape index (κ2) is 11.2. The Kier molecular flexibility index (Phi) is 8.68. The van der Waals surface area contributed by atoms with Crippen LogP contribution in [-0.2, 0) is 9.47 Å². The van der Waals surface area contributed by atoms with E-state index in [2.05, 4.69) is 30.5 Å². The number of nitrogens with zero attached hydrogens (tertiary/aromatic N) is 2. The molecule has 0 bridgehead atoms. The van der Waals surface area contributed by atoms with E-state index < -0.39 is 12.2 Å². The Morgan fingerprint density at radius 1 is 0.917 bits per heavy atom. The summed E-state index contributed by atoms with van der Waals surface area (Å²) in [6, 6.07) is 7.67. The van der Waals surface area contributed by atoms with Gasteiger partial charge < -0.3 is 9.47 Å². The van der Waals surface area contributed by atoms with Gasteiger partial charge in [0.1, 0.15) is 0 Å². The van der Waals surface area contributed by atoms with Gasteiger partial charge in [-0.3, -0.25) is 0 Å². The summed E-state index contributed by atoms with van der Waals surface area (Å²) < 4.78 is 8.74. The highest BCUT2D eigenvalue weighted by molar-refractivity contribution is 5.81. The molecule has 0 radical (unpaired) electrons. The molecule has 24 heavy (non-hydrogen) atoms. The molecule has 0 unspecified atom stereocenters. The highest BCUT2D eigenvalue weighted by atomic mass is 16.5. The van der Waals surface area contributed by atoms with Crippen LogP contribution in [0.5, 0.6) is 0 Å². The predicted octanol–water partition coefficient (Wildman–Crippen LogP) is 2.40. The van der Waals surface area contributed by atoms with Crippen molar-refractivity contribution in [2.24, 2.45) is 10.2 Å². The van der Waals surface area contributed by atoms with Crippen molar-refractivity contribution in [1.29, 1.82) is 0 Å². The molecule has 0 aliphatic heterocycles. The highest BCUT2D eigenvalue weighted by Gasteiger charge is 1.92. The standard InChI is InChI=1S/C16H18N4O4/c1-23-15(21)19-17-10-4-8-13-6-3-7-14(12-13)9-5-11-18-20-16(22)24-2/h3-12H,1-2H3,(H,19,21)(H,20,22)/b8-4+,9-5+,17-10+,18-11+. The minimum absolute atomic E-state index is 0.630. The summed E-state index contributed by atoms with van der Waals surface area (Å²) in [5.74, 6) is 0. The van der Waals surface area contributed by atoms with E-state index in [1.807, 2.05) is 36.4 Å². The lowest BCUT2D eigenvalue weighted by atomic mass is 10.1. The smallest absolute Gasteiger partial charge is 0.427 e. The molecule has 8 nitrogen and oxygen atoms in total. The van der Waals surface area contributed by atoms with Crippen molar-refractivity contribution >= 4 is 36.8 Å². The normalized spacial score (nSPS) is 11.4. The van der Waals surface area contributed by atoms with Gasteiger partial charge >= 0.3 is 12.2 Å². The number of amides is 2. The average Bonchev–Trinajstić information content (AvgIpc) is 2.61. The molecule has 0 aliphatic rings. The molecule has 0 saturated heterocycles. The molecule has 2 N–H and O–H groups in total. The van der Waals surface area contributed by atoms with Gasteiger partial charge in [0.2, 0.25) is 0 Å². The summed E-state index contributed by atoms with van der Waals surface area (Å²) in [4.78, 5) is 21.5. The molecular weight excluding hydrogens is 312 g/mol. The zero-order valence-electron chi connectivity index (χ0n) is 13.3. The van der Waals surface area contributed by atoms with Crippen LogP contribution in [0.1, 0.15) is 11.1 Å². The predicted molar refractivity (Wildman–Crippen MR) is 92.6 cm³/mol. The summed E-state index contributed by atoms with van der Waals surface area (Å²) in [6.07, 6.45) is 8.63. The number of rotatable bonds is 6. The summed E-state index contributed by atoms with van der Waals surface area (Å²) in [7, 11) is 2.52. The van der Waals surface area contributed by atoms with E-state index in [1.54, 1.807) is 12.2 Å². The molecule has 2 amide bonds. The van der Waals surface area contributed by atoms with Crippen LogP contribution >= 0.6 is 0 Å². The summed E-state index contributed by atoms with van der Waals surface area (Å²) in [5, 5.41) is 7.32. The zero-order valence-corrected chi connectivity index (χ0v) is 13.3. The van der Waals surface area contributed by atoms with Gasteiger partial charge in [-0.1, -0.05) is 30.4 Å². The molecule has 0 atom stereocenters. The minimum Gasteiger partial charge on any atom is -0.452 e. The lowest BCUT2D eigenvalue weighted by Crippen LogP contribution is -2.16. The van der Waals surface area contributed by atoms with E-state index in [0.717, 1.165) is 11.1 Å². The quantitative estimate of drug-likeness (QED) is 0.617. The van der Waals surface area contributed by atoms with Gasteiger partial charge in [0.05, 0.1) is 14.2 Å². The van der Waals surface area contributed by atoms with Gasteiger partial charge in [-0.2, -0.15) is 10.2 Å². The Morgan fingerprint density at radius 3 is 1.79 bits per heavy atom. The second-order valence-corrected chi connectivity index (χ2v) is 4.15. The van der Waals surface area contributed by atoms with Gasteiger partial charge in [0.15, 0.2) is 0 Å². The van der Waals surface area contributed by atoms with Crippen molar-refractivity contribution in [3.05, 3.63) is 47.5 Å². The van der Waals surface area contributed by atoms with E-state index in [1.165, 1.54) is 26.6 Å². The van der Waals surface area contributed by atoms with Crippen LogP contribution in [0.4, 0.5) is 9.59 Å². The van der Waals surface area contributed by atoms with E-state index in [0.29, 0.717) is 0 Å². The molecule has 1 aromatic rings. The number of allylic oxidation sites excluding steroid dienone is 2. The third-order valence-electron chi connectivity index (χ3n) is 2.49. The maximum Gasteiger partial charge on any atom is 0.427 e. The van der Waals surface area contributed by atoms with E-state index in [-0.39, 0.29) is 0 Å². The minimum atomic E-state index is -0.630. The molecule has 1 aromatic carbocycles. The largest absolute Gasteiger partial charge is 0.452 e. The number of ether oxygens (including phenoxy) is 2. The summed E-state index contributed by atoms with van der Waals surface area (Å²) >= 11 is 0. The highest BCUT2D eigenvalue weighted by Crippen LogP contribution is 2.08. The number of carbonyl (C=O) groups excluding carboxylic acids is 2. The maximum atomic E-state index is 10.8. The fraction of sp³-hybridized carbons (Fsp3) is 0.125. The molecule has 0 heterocycles. The van der Waals surface area contributed by atoms with Gasteiger partial charge in [0, 0.05) is 12.4 Å². The monoisotopic (exact) mass is 330 g/mol. The number of hydrazone groups is 2. The molecule has 1 rings (SSSR count). The van der Waals surface area contributed by atoms with Crippen molar-refractivity contribution < 1.29 is 19.1 Å². The van der Waals surface area contributed by atoms with Crippen molar-refractivity contribution in [1.82, 2.24) is 10.9 Å². The Labute approximate surface area is 139 Å². The Hall–Kier alpha value is -3.42. The third kappa shape index (κ3) is 8.13. The van der Waals surface area contributed by atoms with Crippen LogP contribution < -0.4 is 10.9 Å². The van der Waals surface area contributed by atoms with Gasteiger partial charge in [-0.15, -0.1) is 0 Å². The van der Waals surface area contributed by atoms with Crippen molar-refractivity contribution in [2.45, 2.75) is 0 Å². The summed E-state index contributed by atoms with van der Waals surface area (Å²) in [5.41, 5.74) is 6.25. The third-order valence-corrected chi connectivity index (χ3v) is 2.49. The molecule has 0 spiro atoms. The van der Waals surface area contributed by atoms with Crippen molar-refractivity contribution in [3.63, 3.8) is 0 Å². The van der Waals surface area contributed by atoms with Crippen LogP contribution in [0.3, 0.4) is 0 Å². The lowest BCUT2D eigenvalue weighted by Gasteiger charge is -1.96. The lowest BCUT2D eigenvalue weighted by molar-refractivity contribution is 0.170. The van der Waals surface area contributed by atoms with Gasteiger partial charge in [0.25, 0.3) is 0 Å². The molecule has 126 valence electrons. The topological polar surface area (TPSA) is 101 Å². The van der Waals surface area contributed by atoms with Crippen LogP contribution in [-0.4, -0.2) is 38.8 Å². The molecule has 0 aromatic heterocycles. The van der Waals surface area contributed by atoms with Crippen LogP contribution in [0.2, 0.25) is 0 Å². The van der Waals surface area contributed by atoms with E-state index >= 15 is 0 Å². The van der Waals surface area contributed by atoms with Crippen molar-refractivity contribution in [3.8, 4) is 0 Å². The number of benzene rings is 1. The van der Waals surface area contributed by atoms with Crippen LogP contribution in [0, 0.1) is 0 Å². The Balaban J connectivity index is 2.54. The maximum absolute atomic E-state index is 10.8. The number of nitrogens with one attached hydrogen (secondary N) is 2. The van der Waals surface area contributed by atoms with Crippen LogP contribution in [0.25, 0.3) is 12.2 Å². The summed E-state index contributed by atoms with van der Waals surface area (Å²) in [6.45, 7) is 0. The zero-order chi connectivity index (χ0) is 17.6. The molecule has 0 aliphatic carbocycles. The number of hydrogen-bond donors (Lipinski definition) is 2. The Morgan fingerprint density at radius 2 is 1.38 bits per heavy atom. The first kappa shape index (κ1) is 18.6. The fourth-order valence-electron chi connectivity index (χ4n) is 1.43. The second-order valence-electron chi connectivity index (χ2n) is 4.15. The SMILES string of the molecule is COC(=O)N/N=C/C=C/c1cccc(/C=C/C=N/NC(=O)OC)c1. The molecular formula is C16H18N4O4. The molecule has 8 heteroatoms. The molecule has 0 fully saturated rings. The molecule has 0 saturated carbocycles. The first-order valence-electron chi connectivity index (χ1n) is 6.83. The first-order chi connectivity index (χ1) is 11.7. The average molecular weight is 330 g/mol. The number of hydrogen-bond acceptors (Lipinski definition) is 6. The van der Waals surface area contributed by atoms with Crippen molar-refractivity contribution in [2.75, 3.05) is 14.2 Å². The number of methoxy groups -OCH3 is 2. The fourth-order valence-corrected chi connectivity index (χ4v) is 1.43. The van der Waals surface area contributed by atoms with Crippen LogP contribution in [0.15, 0.2) is 46.6 Å². The van der Waals surface area contributed by atoms with Gasteiger partial charge in [-0.05, 0) is 29.3 Å². The van der Waals surface area contributed by atoms with E-state index in [9.17, 15) is 9.59 Å². The van der Waals surface area contributed by atoms with E-state index in [4.69, 9.17) is 0 Å².